The average Bonchev–Trinajstić information content (AvgIpc) is 2.67. The Morgan fingerprint density at radius 1 is 1.16 bits per heavy atom. The minimum absolute atomic E-state index is 0.0216. The van der Waals surface area contributed by atoms with Gasteiger partial charge in [0.25, 0.3) is 0 Å². The second-order valence-electron chi connectivity index (χ2n) is 8.44. The lowest BCUT2D eigenvalue weighted by atomic mass is 10.1. The molecule has 0 N–H and O–H groups in total. The van der Waals surface area contributed by atoms with Crippen LogP contribution in [0.5, 0.6) is 17.4 Å². The normalized spacial score (nSPS) is 15.6. The van der Waals surface area contributed by atoms with Crippen LogP contribution in [-0.4, -0.2) is 47.7 Å². The number of pyridine rings is 1. The van der Waals surface area contributed by atoms with E-state index in [0.29, 0.717) is 5.88 Å². The molecule has 0 amide bonds. The Kier molecular flexibility index (Phi) is 7.29. The number of nitrogens with zero attached hydrogens (tertiary/aromatic N) is 2. The zero-order valence-electron chi connectivity index (χ0n) is 17.9. The Labute approximate surface area is 191 Å². The van der Waals surface area contributed by atoms with Gasteiger partial charge in [-0.2, -0.15) is 0 Å². The lowest BCUT2D eigenvalue weighted by molar-refractivity contribution is 0.00647. The molecule has 0 atom stereocenters. The highest BCUT2D eigenvalue weighted by Gasteiger charge is 2.23. The summed E-state index contributed by atoms with van der Waals surface area (Å²) in [5.74, 6) is -1.02. The van der Waals surface area contributed by atoms with Gasteiger partial charge in [0.05, 0.1) is 16.8 Å². The second-order valence-corrected chi connectivity index (χ2v) is 9.26. The maximum atomic E-state index is 14.5. The molecule has 0 radical (unpaired) electrons. The summed E-state index contributed by atoms with van der Waals surface area (Å²) in [6.45, 7) is 6.98. The van der Waals surface area contributed by atoms with E-state index in [2.05, 4.69) is 16.9 Å². The number of benzene rings is 1. The highest BCUT2D eigenvalue weighted by molar-refractivity contribution is 6.32. The summed E-state index contributed by atoms with van der Waals surface area (Å²) in [5, 5.41) is 0.323. The summed E-state index contributed by atoms with van der Waals surface area (Å²) in [4.78, 5) is 18.6. The van der Waals surface area contributed by atoms with Gasteiger partial charge in [0, 0.05) is 25.2 Å². The summed E-state index contributed by atoms with van der Waals surface area (Å²) in [7, 11) is 2.07. The molecule has 9 heteroatoms. The molecular formula is C22H25Cl2FN2O4. The first-order valence-electron chi connectivity index (χ1n) is 9.93. The van der Waals surface area contributed by atoms with Gasteiger partial charge in [0.2, 0.25) is 5.88 Å². The van der Waals surface area contributed by atoms with Gasteiger partial charge >= 0.3 is 5.97 Å². The molecule has 1 aromatic heterocycles. The van der Waals surface area contributed by atoms with E-state index in [0.717, 1.165) is 32.0 Å². The number of piperidine rings is 1. The summed E-state index contributed by atoms with van der Waals surface area (Å²) in [5.41, 5.74) is -1.03. The largest absolute Gasteiger partial charge is 0.473 e. The fourth-order valence-corrected chi connectivity index (χ4v) is 3.44. The maximum absolute atomic E-state index is 14.5. The quantitative estimate of drug-likeness (QED) is 0.518. The van der Waals surface area contributed by atoms with Gasteiger partial charge in [0.1, 0.15) is 34.0 Å². The third-order valence-electron chi connectivity index (χ3n) is 4.59. The van der Waals surface area contributed by atoms with Gasteiger partial charge in [-0.05, 0) is 46.7 Å². The van der Waals surface area contributed by atoms with Crippen LogP contribution in [0.15, 0.2) is 24.4 Å². The lowest BCUT2D eigenvalue weighted by Crippen LogP contribution is -2.35. The lowest BCUT2D eigenvalue weighted by Gasteiger charge is -2.29. The molecule has 6 nitrogen and oxygen atoms in total. The first-order valence-corrected chi connectivity index (χ1v) is 10.7. The summed E-state index contributed by atoms with van der Waals surface area (Å²) < 4.78 is 31.2. The molecular weight excluding hydrogens is 446 g/mol. The fourth-order valence-electron chi connectivity index (χ4n) is 3.03. The number of halogens is 3. The van der Waals surface area contributed by atoms with Crippen molar-refractivity contribution in [3.63, 3.8) is 0 Å². The number of carbonyl (C=O) groups is 1. The van der Waals surface area contributed by atoms with Gasteiger partial charge in [-0.15, -0.1) is 0 Å². The molecule has 0 bridgehead atoms. The van der Waals surface area contributed by atoms with Crippen molar-refractivity contribution in [2.24, 2.45) is 0 Å². The molecule has 1 aliphatic rings. The smallest absolute Gasteiger partial charge is 0.341 e. The van der Waals surface area contributed by atoms with Crippen LogP contribution in [0.4, 0.5) is 4.39 Å². The van der Waals surface area contributed by atoms with Gasteiger partial charge in [-0.25, -0.2) is 14.2 Å². The SMILES string of the molecule is CN1CCC(Oc2ncc(Oc3cc(F)c(C(=O)OC(C)(C)C)cc3Cl)cc2Cl)CC1. The van der Waals surface area contributed by atoms with Crippen molar-refractivity contribution < 1.29 is 23.4 Å². The van der Waals surface area contributed by atoms with Crippen LogP contribution in [0.2, 0.25) is 10.0 Å². The molecule has 2 aromatic rings. The Balaban J connectivity index is 1.71. The number of aromatic nitrogens is 1. The van der Waals surface area contributed by atoms with Gasteiger partial charge in [0.15, 0.2) is 0 Å². The van der Waals surface area contributed by atoms with Crippen molar-refractivity contribution in [3.8, 4) is 17.4 Å². The molecule has 1 aliphatic heterocycles. The minimum Gasteiger partial charge on any atom is -0.473 e. The molecule has 1 saturated heterocycles. The van der Waals surface area contributed by atoms with Crippen LogP contribution in [0.3, 0.4) is 0 Å². The Bertz CT molecular complexity index is 957. The molecule has 0 spiro atoms. The zero-order chi connectivity index (χ0) is 22.8. The van der Waals surface area contributed by atoms with Crippen molar-refractivity contribution in [2.45, 2.75) is 45.3 Å². The number of hydrogen-bond donors (Lipinski definition) is 0. The van der Waals surface area contributed by atoms with Gasteiger partial charge in [-0.1, -0.05) is 23.2 Å². The molecule has 31 heavy (non-hydrogen) atoms. The van der Waals surface area contributed by atoms with E-state index < -0.39 is 17.4 Å². The molecule has 0 aliphatic carbocycles. The molecule has 0 saturated carbocycles. The topological polar surface area (TPSA) is 60.9 Å². The summed E-state index contributed by atoms with van der Waals surface area (Å²) >= 11 is 12.5. The number of carbonyl (C=O) groups excluding carboxylic acids is 1. The first kappa shape index (κ1) is 23.6. The number of esters is 1. The monoisotopic (exact) mass is 470 g/mol. The van der Waals surface area contributed by atoms with Gasteiger partial charge in [-0.3, -0.25) is 0 Å². The van der Waals surface area contributed by atoms with E-state index in [1.54, 1.807) is 20.8 Å². The first-order chi connectivity index (χ1) is 14.5. The fraction of sp³-hybridized carbons (Fsp3) is 0.455. The van der Waals surface area contributed by atoms with Crippen LogP contribution < -0.4 is 9.47 Å². The molecule has 2 heterocycles. The predicted molar refractivity (Wildman–Crippen MR) is 117 cm³/mol. The van der Waals surface area contributed by atoms with Crippen molar-refractivity contribution in [2.75, 3.05) is 20.1 Å². The van der Waals surface area contributed by atoms with Crippen LogP contribution >= 0.6 is 23.2 Å². The average molecular weight is 471 g/mol. The maximum Gasteiger partial charge on any atom is 0.341 e. The second kappa shape index (κ2) is 9.59. The zero-order valence-corrected chi connectivity index (χ0v) is 19.4. The Hall–Kier alpha value is -2.09. The van der Waals surface area contributed by atoms with E-state index >= 15 is 0 Å². The number of hydrogen-bond acceptors (Lipinski definition) is 6. The Morgan fingerprint density at radius 3 is 2.45 bits per heavy atom. The van der Waals surface area contributed by atoms with E-state index in [-0.39, 0.29) is 33.2 Å². The highest BCUT2D eigenvalue weighted by Crippen LogP contribution is 2.35. The van der Waals surface area contributed by atoms with Crippen LogP contribution in [0.25, 0.3) is 0 Å². The van der Waals surface area contributed by atoms with E-state index in [1.165, 1.54) is 18.3 Å². The number of likely N-dealkylation sites (tertiary alicyclic amines) is 1. The third kappa shape index (κ3) is 6.45. The van der Waals surface area contributed by atoms with Crippen molar-refractivity contribution in [1.29, 1.82) is 0 Å². The van der Waals surface area contributed by atoms with Crippen molar-refractivity contribution >= 4 is 29.2 Å². The molecule has 1 aromatic carbocycles. The molecule has 1 fully saturated rings. The van der Waals surface area contributed by atoms with Crippen LogP contribution in [-0.2, 0) is 4.74 Å². The van der Waals surface area contributed by atoms with E-state index in [4.69, 9.17) is 37.4 Å². The van der Waals surface area contributed by atoms with E-state index in [1.807, 2.05) is 0 Å². The standard InChI is InChI=1S/C22H25Cl2FN2O4/c1-22(2,3)31-21(28)15-10-16(23)19(11-18(15)25)29-14-9-17(24)20(26-12-14)30-13-5-7-27(4)8-6-13/h9-13H,5-8H2,1-4H3. The highest BCUT2D eigenvalue weighted by atomic mass is 35.5. The Morgan fingerprint density at radius 2 is 1.84 bits per heavy atom. The van der Waals surface area contributed by atoms with Crippen molar-refractivity contribution in [1.82, 2.24) is 9.88 Å². The number of ether oxygens (including phenoxy) is 3. The van der Waals surface area contributed by atoms with Gasteiger partial charge < -0.3 is 19.1 Å². The van der Waals surface area contributed by atoms with Crippen LogP contribution in [0.1, 0.15) is 44.0 Å². The third-order valence-corrected chi connectivity index (χ3v) is 5.16. The van der Waals surface area contributed by atoms with Crippen LogP contribution in [0, 0.1) is 5.82 Å². The summed E-state index contributed by atoms with van der Waals surface area (Å²) in [6.07, 6.45) is 3.26. The number of rotatable bonds is 5. The predicted octanol–water partition coefficient (Wildman–Crippen LogP) is 5.75. The molecule has 168 valence electrons. The molecule has 0 unspecified atom stereocenters. The minimum atomic E-state index is -0.810. The summed E-state index contributed by atoms with van der Waals surface area (Å²) in [6, 6.07) is 3.72. The van der Waals surface area contributed by atoms with Crippen molar-refractivity contribution in [3.05, 3.63) is 45.8 Å². The van der Waals surface area contributed by atoms with E-state index in [9.17, 15) is 9.18 Å². The molecule has 3 rings (SSSR count).